The number of rotatable bonds is 3. The average Bonchev–Trinajstić information content (AvgIpc) is 2.83. The highest BCUT2D eigenvalue weighted by Gasteiger charge is 2.13. The molecule has 3 aromatic rings. The van der Waals surface area contributed by atoms with Crippen LogP contribution in [-0.4, -0.2) is 30.4 Å². The monoisotopic (exact) mass is 268 g/mol. The molecule has 0 radical (unpaired) electrons. The van der Waals surface area contributed by atoms with Gasteiger partial charge >= 0.3 is 5.97 Å². The van der Waals surface area contributed by atoms with Gasteiger partial charge in [0.25, 0.3) is 0 Å². The molecule has 3 aromatic heterocycles. The SMILES string of the molecule is Cc1ncc(-c2ccccn2)c2nc(CC(=O)O)cn12. The first-order valence-electron chi connectivity index (χ1n) is 6.12. The summed E-state index contributed by atoms with van der Waals surface area (Å²) in [5.41, 5.74) is 2.73. The summed E-state index contributed by atoms with van der Waals surface area (Å²) in [4.78, 5) is 23.8. The molecule has 20 heavy (non-hydrogen) atoms. The van der Waals surface area contributed by atoms with Crippen molar-refractivity contribution in [2.24, 2.45) is 0 Å². The van der Waals surface area contributed by atoms with Gasteiger partial charge in [0, 0.05) is 18.6 Å². The topological polar surface area (TPSA) is 80.4 Å². The van der Waals surface area contributed by atoms with E-state index in [2.05, 4.69) is 15.0 Å². The molecule has 0 aliphatic rings. The number of aliphatic carboxylic acids is 1. The number of hydrogen-bond acceptors (Lipinski definition) is 4. The van der Waals surface area contributed by atoms with Crippen LogP contribution in [0.4, 0.5) is 0 Å². The standard InChI is InChI=1S/C14H12N4O2/c1-9-16-7-11(12-4-2-3-5-15-12)14-17-10(6-13(19)20)8-18(9)14/h2-5,7-8H,6H2,1H3,(H,19,20). The van der Waals surface area contributed by atoms with E-state index in [0.29, 0.717) is 11.3 Å². The van der Waals surface area contributed by atoms with Crippen molar-refractivity contribution in [2.75, 3.05) is 0 Å². The molecule has 0 amide bonds. The van der Waals surface area contributed by atoms with Crippen molar-refractivity contribution < 1.29 is 9.90 Å². The minimum absolute atomic E-state index is 0.108. The van der Waals surface area contributed by atoms with Gasteiger partial charge in [0.2, 0.25) is 0 Å². The minimum Gasteiger partial charge on any atom is -0.481 e. The molecule has 6 nitrogen and oxygen atoms in total. The Labute approximate surface area is 114 Å². The molecule has 0 fully saturated rings. The first-order valence-corrected chi connectivity index (χ1v) is 6.12. The Balaban J connectivity index is 2.21. The quantitative estimate of drug-likeness (QED) is 0.782. The van der Waals surface area contributed by atoms with E-state index in [1.165, 1.54) is 0 Å². The van der Waals surface area contributed by atoms with Crippen LogP contribution < -0.4 is 0 Å². The lowest BCUT2D eigenvalue weighted by Gasteiger charge is -2.04. The highest BCUT2D eigenvalue weighted by molar-refractivity contribution is 5.75. The summed E-state index contributed by atoms with van der Waals surface area (Å²) in [6.45, 7) is 1.85. The Morgan fingerprint density at radius 2 is 2.20 bits per heavy atom. The number of fused-ring (bicyclic) bond motifs is 1. The van der Waals surface area contributed by atoms with Crippen molar-refractivity contribution >= 4 is 11.6 Å². The number of pyridine rings is 1. The molecule has 6 heteroatoms. The van der Waals surface area contributed by atoms with Crippen LogP contribution in [0, 0.1) is 6.92 Å². The van der Waals surface area contributed by atoms with Gasteiger partial charge in [-0.15, -0.1) is 0 Å². The summed E-state index contributed by atoms with van der Waals surface area (Å²) in [6.07, 6.45) is 5.01. The molecule has 0 aliphatic carbocycles. The number of aromatic nitrogens is 4. The molecule has 0 saturated carbocycles. The van der Waals surface area contributed by atoms with E-state index < -0.39 is 5.97 Å². The summed E-state index contributed by atoms with van der Waals surface area (Å²) in [6, 6.07) is 5.60. The Kier molecular flexibility index (Phi) is 2.90. The number of hydrogen-bond donors (Lipinski definition) is 1. The van der Waals surface area contributed by atoms with Crippen LogP contribution in [-0.2, 0) is 11.2 Å². The third-order valence-electron chi connectivity index (χ3n) is 3.00. The zero-order chi connectivity index (χ0) is 14.1. The Morgan fingerprint density at radius 1 is 1.35 bits per heavy atom. The normalized spacial score (nSPS) is 10.8. The number of carboxylic acid groups (broad SMARTS) is 1. The van der Waals surface area contributed by atoms with Crippen LogP contribution in [0.1, 0.15) is 11.5 Å². The van der Waals surface area contributed by atoms with Crippen LogP contribution in [0.5, 0.6) is 0 Å². The van der Waals surface area contributed by atoms with E-state index in [1.54, 1.807) is 23.0 Å². The molecule has 3 heterocycles. The van der Waals surface area contributed by atoms with Crippen molar-refractivity contribution in [3.8, 4) is 11.3 Å². The van der Waals surface area contributed by atoms with Crippen LogP contribution in [0.25, 0.3) is 16.9 Å². The van der Waals surface area contributed by atoms with Gasteiger partial charge < -0.3 is 5.11 Å². The van der Waals surface area contributed by atoms with Gasteiger partial charge in [-0.1, -0.05) is 6.07 Å². The van der Waals surface area contributed by atoms with Crippen molar-refractivity contribution in [1.82, 2.24) is 19.4 Å². The van der Waals surface area contributed by atoms with Crippen LogP contribution in [0.3, 0.4) is 0 Å². The summed E-state index contributed by atoms with van der Waals surface area (Å²) in [5.74, 6) is -0.151. The van der Waals surface area contributed by atoms with Gasteiger partial charge in [-0.05, 0) is 19.1 Å². The maximum absolute atomic E-state index is 10.8. The maximum atomic E-state index is 10.8. The van der Waals surface area contributed by atoms with Crippen LogP contribution in [0.15, 0.2) is 36.8 Å². The lowest BCUT2D eigenvalue weighted by Crippen LogP contribution is -1.99. The molecular weight excluding hydrogens is 256 g/mol. The Morgan fingerprint density at radius 3 is 2.90 bits per heavy atom. The number of carbonyl (C=O) groups is 1. The summed E-state index contributed by atoms with van der Waals surface area (Å²) < 4.78 is 1.79. The molecule has 1 N–H and O–H groups in total. The largest absolute Gasteiger partial charge is 0.481 e. The summed E-state index contributed by atoms with van der Waals surface area (Å²) in [7, 11) is 0. The van der Waals surface area contributed by atoms with Gasteiger partial charge in [-0.25, -0.2) is 9.97 Å². The fraction of sp³-hybridized carbons (Fsp3) is 0.143. The third-order valence-corrected chi connectivity index (χ3v) is 3.00. The maximum Gasteiger partial charge on any atom is 0.309 e. The van der Waals surface area contributed by atoms with Crippen molar-refractivity contribution in [1.29, 1.82) is 0 Å². The van der Waals surface area contributed by atoms with Crippen LogP contribution in [0.2, 0.25) is 0 Å². The zero-order valence-corrected chi connectivity index (χ0v) is 10.8. The smallest absolute Gasteiger partial charge is 0.309 e. The van der Waals surface area contributed by atoms with Gasteiger partial charge in [-0.2, -0.15) is 0 Å². The zero-order valence-electron chi connectivity index (χ0n) is 10.8. The van der Waals surface area contributed by atoms with Gasteiger partial charge in [0.05, 0.1) is 23.4 Å². The van der Waals surface area contributed by atoms with E-state index in [4.69, 9.17) is 5.11 Å². The molecule has 0 aliphatic heterocycles. The number of nitrogens with zero attached hydrogens (tertiary/aromatic N) is 4. The fourth-order valence-corrected chi connectivity index (χ4v) is 2.09. The molecule has 0 atom stereocenters. The predicted octanol–water partition coefficient (Wildman–Crippen LogP) is 1.73. The van der Waals surface area contributed by atoms with Crippen molar-refractivity contribution in [3.63, 3.8) is 0 Å². The molecule has 0 unspecified atom stereocenters. The molecule has 100 valence electrons. The second kappa shape index (κ2) is 4.73. The van der Waals surface area contributed by atoms with E-state index in [-0.39, 0.29) is 6.42 Å². The van der Waals surface area contributed by atoms with E-state index in [1.807, 2.05) is 25.1 Å². The highest BCUT2D eigenvalue weighted by atomic mass is 16.4. The third kappa shape index (κ3) is 2.11. The highest BCUT2D eigenvalue weighted by Crippen LogP contribution is 2.22. The first kappa shape index (κ1) is 12.3. The number of carboxylic acids is 1. The fourth-order valence-electron chi connectivity index (χ4n) is 2.09. The van der Waals surface area contributed by atoms with Gasteiger partial charge in [0.15, 0.2) is 0 Å². The molecule has 0 saturated heterocycles. The second-order valence-corrected chi connectivity index (χ2v) is 4.43. The van der Waals surface area contributed by atoms with Gasteiger partial charge in [0.1, 0.15) is 11.5 Å². The average molecular weight is 268 g/mol. The Bertz CT molecular complexity index is 780. The molecule has 0 aromatic carbocycles. The lowest BCUT2D eigenvalue weighted by molar-refractivity contribution is -0.136. The minimum atomic E-state index is -0.904. The first-order chi connectivity index (χ1) is 9.65. The van der Waals surface area contributed by atoms with Crippen LogP contribution >= 0.6 is 0 Å². The summed E-state index contributed by atoms with van der Waals surface area (Å²) >= 11 is 0. The Hall–Kier alpha value is -2.76. The molecular formula is C14H12N4O2. The summed E-state index contributed by atoms with van der Waals surface area (Å²) in [5, 5.41) is 8.87. The predicted molar refractivity (Wildman–Crippen MR) is 72.3 cm³/mol. The van der Waals surface area contributed by atoms with Gasteiger partial charge in [-0.3, -0.25) is 14.2 Å². The molecule has 0 bridgehead atoms. The van der Waals surface area contributed by atoms with Crippen molar-refractivity contribution in [3.05, 3.63) is 48.3 Å². The van der Waals surface area contributed by atoms with Crippen molar-refractivity contribution in [2.45, 2.75) is 13.3 Å². The number of aryl methyl sites for hydroxylation is 1. The molecule has 0 spiro atoms. The lowest BCUT2D eigenvalue weighted by atomic mass is 10.2. The van der Waals surface area contributed by atoms with E-state index >= 15 is 0 Å². The number of imidazole rings is 1. The second-order valence-electron chi connectivity index (χ2n) is 4.43. The van der Waals surface area contributed by atoms with E-state index in [9.17, 15) is 4.79 Å². The van der Waals surface area contributed by atoms with E-state index in [0.717, 1.165) is 17.1 Å². The molecule has 3 rings (SSSR count).